The Hall–Kier alpha value is -0.710. The van der Waals surface area contributed by atoms with Crippen LogP contribution in [0.3, 0.4) is 0 Å². The molecule has 1 atom stereocenters. The van der Waals surface area contributed by atoms with Gasteiger partial charge in [-0.2, -0.15) is 0 Å². The number of carbonyl (C=O) groups excluding carboxylic acids is 1. The molecule has 1 aromatic rings. The van der Waals surface area contributed by atoms with E-state index in [4.69, 9.17) is 4.74 Å². The lowest BCUT2D eigenvalue weighted by atomic mass is 9.85. The van der Waals surface area contributed by atoms with Crippen molar-refractivity contribution in [3.8, 4) is 0 Å². The van der Waals surface area contributed by atoms with Crippen LogP contribution in [0.5, 0.6) is 0 Å². The molecule has 0 radical (unpaired) electrons. The third-order valence-electron chi connectivity index (χ3n) is 4.16. The van der Waals surface area contributed by atoms with Crippen molar-refractivity contribution in [2.24, 2.45) is 5.92 Å². The van der Waals surface area contributed by atoms with Crippen LogP contribution in [-0.4, -0.2) is 35.5 Å². The molecule has 116 valence electrons. The van der Waals surface area contributed by atoms with Crippen molar-refractivity contribution >= 4 is 21.7 Å². The molecule has 21 heavy (non-hydrogen) atoms. The number of rotatable bonds is 4. The third kappa shape index (κ3) is 3.55. The van der Waals surface area contributed by atoms with Gasteiger partial charge in [0.05, 0.1) is 11.5 Å². The van der Waals surface area contributed by atoms with Gasteiger partial charge in [-0.25, -0.2) is 0 Å². The van der Waals surface area contributed by atoms with Crippen LogP contribution in [0.4, 0.5) is 0 Å². The molecule has 2 rings (SSSR count). The van der Waals surface area contributed by atoms with Crippen molar-refractivity contribution in [1.29, 1.82) is 0 Å². The lowest BCUT2D eigenvalue weighted by Crippen LogP contribution is -2.39. The van der Waals surface area contributed by atoms with E-state index >= 15 is 0 Å². The molecule has 3 nitrogen and oxygen atoms in total. The van der Waals surface area contributed by atoms with E-state index in [1.54, 1.807) is 0 Å². The van der Waals surface area contributed by atoms with Gasteiger partial charge in [0.25, 0.3) is 0 Å². The number of benzene rings is 1. The number of halogens is 1. The van der Waals surface area contributed by atoms with Crippen LogP contribution in [0.2, 0.25) is 0 Å². The second-order valence-corrected chi connectivity index (χ2v) is 7.78. The molecular formula is C17H24BrNO2. The van der Waals surface area contributed by atoms with Crippen LogP contribution >= 0.6 is 15.9 Å². The van der Waals surface area contributed by atoms with Gasteiger partial charge < -0.3 is 9.64 Å². The molecule has 1 saturated heterocycles. The van der Waals surface area contributed by atoms with Crippen molar-refractivity contribution < 1.29 is 9.53 Å². The van der Waals surface area contributed by atoms with Gasteiger partial charge in [-0.05, 0) is 46.4 Å². The Labute approximate surface area is 135 Å². The first-order chi connectivity index (χ1) is 9.63. The average Bonchev–Trinajstić information content (AvgIpc) is 2.50. The Morgan fingerprint density at radius 2 is 1.86 bits per heavy atom. The largest absolute Gasteiger partial charge is 0.361 e. The summed E-state index contributed by atoms with van der Waals surface area (Å²) in [4.78, 5) is 14.7. The molecule has 4 heteroatoms. The van der Waals surface area contributed by atoms with Crippen LogP contribution in [0.25, 0.3) is 0 Å². The van der Waals surface area contributed by atoms with Gasteiger partial charge in [-0.1, -0.05) is 34.1 Å². The van der Waals surface area contributed by atoms with E-state index in [0.29, 0.717) is 6.54 Å². The topological polar surface area (TPSA) is 29.5 Å². The smallest absolute Gasteiger partial charge is 0.171 e. The molecule has 1 unspecified atom stereocenters. The van der Waals surface area contributed by atoms with E-state index in [9.17, 15) is 4.79 Å². The molecule has 0 bridgehead atoms. The summed E-state index contributed by atoms with van der Waals surface area (Å²) in [7, 11) is 2.05. The third-order valence-corrected chi connectivity index (χ3v) is 4.93. The lowest BCUT2D eigenvalue weighted by Gasteiger charge is -2.29. The highest BCUT2D eigenvalue weighted by Crippen LogP contribution is 2.39. The predicted octanol–water partition coefficient (Wildman–Crippen LogP) is 3.65. The molecule has 0 aliphatic carbocycles. The number of nitrogens with zero attached hydrogens (tertiary/aromatic N) is 1. The van der Waals surface area contributed by atoms with Crippen LogP contribution in [0, 0.1) is 5.92 Å². The van der Waals surface area contributed by atoms with Crippen molar-refractivity contribution in [1.82, 2.24) is 4.90 Å². The molecule has 1 aromatic carbocycles. The van der Waals surface area contributed by atoms with E-state index in [-0.39, 0.29) is 11.7 Å². The van der Waals surface area contributed by atoms with Crippen LogP contribution in [0.15, 0.2) is 28.7 Å². The Bertz CT molecular complexity index is 539. The summed E-state index contributed by atoms with van der Waals surface area (Å²) in [6, 6.07) is 8.18. The number of ketones is 1. The minimum Gasteiger partial charge on any atom is -0.361 e. The van der Waals surface area contributed by atoms with Crippen molar-refractivity contribution in [2.75, 3.05) is 13.6 Å². The van der Waals surface area contributed by atoms with Gasteiger partial charge in [-0.15, -0.1) is 0 Å². The summed E-state index contributed by atoms with van der Waals surface area (Å²) in [6.07, 6.45) is 0. The summed E-state index contributed by atoms with van der Waals surface area (Å²) in [5.74, 6) is 0.103. The fourth-order valence-corrected chi connectivity index (χ4v) is 3.52. The van der Waals surface area contributed by atoms with E-state index in [0.717, 1.165) is 11.0 Å². The van der Waals surface area contributed by atoms with Crippen LogP contribution in [-0.2, 0) is 16.1 Å². The fourth-order valence-electron chi connectivity index (χ4n) is 3.11. The van der Waals surface area contributed by atoms with Gasteiger partial charge in [0, 0.05) is 17.6 Å². The maximum atomic E-state index is 12.5. The van der Waals surface area contributed by atoms with Gasteiger partial charge in [0.1, 0.15) is 5.60 Å². The minimum atomic E-state index is -0.678. The molecule has 0 aromatic heterocycles. The fraction of sp³-hybridized carbons (Fsp3) is 0.588. The van der Waals surface area contributed by atoms with Crippen LogP contribution < -0.4 is 0 Å². The molecular weight excluding hydrogens is 330 g/mol. The highest BCUT2D eigenvalue weighted by molar-refractivity contribution is 9.10. The Morgan fingerprint density at radius 3 is 2.38 bits per heavy atom. The zero-order valence-electron chi connectivity index (χ0n) is 13.4. The average molecular weight is 354 g/mol. The van der Waals surface area contributed by atoms with Gasteiger partial charge in [-0.3, -0.25) is 4.79 Å². The number of carbonyl (C=O) groups is 1. The van der Waals surface area contributed by atoms with Crippen molar-refractivity contribution in [3.63, 3.8) is 0 Å². The second-order valence-electron chi connectivity index (χ2n) is 6.92. The van der Waals surface area contributed by atoms with Crippen LogP contribution in [0.1, 0.15) is 33.3 Å². The maximum absolute atomic E-state index is 12.5. The first-order valence-corrected chi connectivity index (χ1v) is 8.09. The monoisotopic (exact) mass is 353 g/mol. The molecule has 0 amide bonds. The van der Waals surface area contributed by atoms with E-state index in [2.05, 4.69) is 26.9 Å². The van der Waals surface area contributed by atoms with Gasteiger partial charge in [0.15, 0.2) is 5.78 Å². The highest BCUT2D eigenvalue weighted by atomic mass is 79.9. The normalized spacial score (nSPS) is 23.8. The maximum Gasteiger partial charge on any atom is 0.171 e. The summed E-state index contributed by atoms with van der Waals surface area (Å²) in [5.41, 5.74) is 0.133. The second kappa shape index (κ2) is 5.82. The number of ether oxygens (including phenoxy) is 1. The molecule has 1 aliphatic rings. The van der Waals surface area contributed by atoms with Gasteiger partial charge in [0.2, 0.25) is 0 Å². The molecule has 1 aliphatic heterocycles. The van der Waals surface area contributed by atoms with Gasteiger partial charge >= 0.3 is 0 Å². The van der Waals surface area contributed by atoms with Crippen molar-refractivity contribution in [3.05, 3.63) is 34.3 Å². The van der Waals surface area contributed by atoms with E-state index < -0.39 is 11.2 Å². The Balaban J connectivity index is 2.08. The van der Waals surface area contributed by atoms with Crippen molar-refractivity contribution in [2.45, 2.75) is 45.4 Å². The highest BCUT2D eigenvalue weighted by Gasteiger charge is 2.53. The Kier molecular flexibility index (Phi) is 4.62. The first-order valence-electron chi connectivity index (χ1n) is 7.30. The number of hydrogen-bond donors (Lipinski definition) is 0. The molecule has 0 spiro atoms. The number of hydrogen-bond acceptors (Lipinski definition) is 3. The van der Waals surface area contributed by atoms with E-state index in [1.165, 1.54) is 5.56 Å². The van der Waals surface area contributed by atoms with E-state index in [1.807, 2.05) is 52.9 Å². The molecule has 1 heterocycles. The molecule has 0 N–H and O–H groups in total. The SMILES string of the molecule is CN(Cc1ccccc1Br)CC1C(=O)C(C)(C)OC1(C)C. The number of Topliss-reactive ketones (excluding diaryl/α,β-unsaturated/α-hetero) is 1. The Morgan fingerprint density at radius 1 is 1.24 bits per heavy atom. The summed E-state index contributed by atoms with van der Waals surface area (Å²) in [5, 5.41) is 0. The minimum absolute atomic E-state index is 0.0972. The lowest BCUT2D eigenvalue weighted by molar-refractivity contribution is -0.132. The molecule has 1 fully saturated rings. The first kappa shape index (κ1) is 16.7. The summed E-state index contributed by atoms with van der Waals surface area (Å²) < 4.78 is 7.05. The zero-order valence-corrected chi connectivity index (χ0v) is 15.0. The predicted molar refractivity (Wildman–Crippen MR) is 88.2 cm³/mol. The summed E-state index contributed by atoms with van der Waals surface area (Å²) >= 11 is 3.57. The zero-order chi connectivity index (χ0) is 15.8. The quantitative estimate of drug-likeness (QED) is 0.827. The molecule has 0 saturated carbocycles. The summed E-state index contributed by atoms with van der Waals surface area (Å²) in [6.45, 7) is 9.27. The standard InChI is InChI=1S/C17H24BrNO2/c1-16(2)13(15(20)17(3,4)21-16)11-19(5)10-12-8-6-7-9-14(12)18/h6-9,13H,10-11H2,1-5H3.